The molecule has 1 aromatic carbocycles. The minimum absolute atomic E-state index is 0.0259. The number of anilines is 1. The van der Waals surface area contributed by atoms with E-state index in [1.807, 2.05) is 0 Å². The van der Waals surface area contributed by atoms with Crippen LogP contribution in [0, 0.1) is 5.92 Å². The molecule has 2 rings (SSSR count). The SMILES string of the molecule is NS(=O)(=O)c1ccc(N(CC(=O)O)CC2CC2)cc1. The summed E-state index contributed by atoms with van der Waals surface area (Å²) in [6.45, 7) is 0.590. The van der Waals surface area contributed by atoms with Gasteiger partial charge in [-0.25, -0.2) is 13.6 Å². The Kier molecular flexibility index (Phi) is 3.77. The van der Waals surface area contributed by atoms with Gasteiger partial charge in [0.15, 0.2) is 0 Å². The van der Waals surface area contributed by atoms with Crippen LogP contribution >= 0.6 is 0 Å². The number of nitrogens with zero attached hydrogens (tertiary/aromatic N) is 1. The summed E-state index contributed by atoms with van der Waals surface area (Å²) in [6.07, 6.45) is 2.23. The van der Waals surface area contributed by atoms with Crippen LogP contribution in [0.25, 0.3) is 0 Å². The van der Waals surface area contributed by atoms with Crippen molar-refractivity contribution in [3.05, 3.63) is 24.3 Å². The molecule has 0 bridgehead atoms. The number of sulfonamides is 1. The standard InChI is InChI=1S/C12H16N2O4S/c13-19(17,18)11-5-3-10(4-6-11)14(8-12(15)16)7-9-1-2-9/h3-6,9H,1-2,7-8H2,(H,15,16)(H2,13,17,18). The summed E-state index contributed by atoms with van der Waals surface area (Å²) in [6, 6.07) is 5.97. The Balaban J connectivity index is 2.18. The van der Waals surface area contributed by atoms with Gasteiger partial charge in [0.1, 0.15) is 6.54 Å². The van der Waals surface area contributed by atoms with Crippen molar-refractivity contribution in [2.75, 3.05) is 18.0 Å². The average Bonchev–Trinajstić information content (AvgIpc) is 3.10. The van der Waals surface area contributed by atoms with E-state index in [9.17, 15) is 13.2 Å². The molecule has 6 nitrogen and oxygen atoms in total. The molecule has 0 atom stereocenters. The van der Waals surface area contributed by atoms with E-state index in [4.69, 9.17) is 10.2 Å². The van der Waals surface area contributed by atoms with Gasteiger partial charge in [-0.15, -0.1) is 0 Å². The second kappa shape index (κ2) is 5.18. The highest BCUT2D eigenvalue weighted by atomic mass is 32.2. The molecule has 0 saturated heterocycles. The molecule has 0 amide bonds. The van der Waals surface area contributed by atoms with Crippen LogP contribution in [0.4, 0.5) is 5.69 Å². The smallest absolute Gasteiger partial charge is 0.323 e. The van der Waals surface area contributed by atoms with Crippen molar-refractivity contribution in [2.24, 2.45) is 11.1 Å². The monoisotopic (exact) mass is 284 g/mol. The van der Waals surface area contributed by atoms with Crippen molar-refractivity contribution in [3.63, 3.8) is 0 Å². The minimum atomic E-state index is -3.71. The fraction of sp³-hybridized carbons (Fsp3) is 0.417. The third-order valence-corrected chi connectivity index (χ3v) is 3.96. The highest BCUT2D eigenvalue weighted by Crippen LogP contribution is 2.31. The first-order valence-corrected chi connectivity index (χ1v) is 7.50. The summed E-state index contributed by atoms with van der Waals surface area (Å²) in [4.78, 5) is 12.6. The Morgan fingerprint density at radius 1 is 1.32 bits per heavy atom. The summed E-state index contributed by atoms with van der Waals surface area (Å²) in [5.74, 6) is -0.367. The van der Waals surface area contributed by atoms with Crippen LogP contribution in [-0.2, 0) is 14.8 Å². The van der Waals surface area contributed by atoms with Crippen LogP contribution in [-0.4, -0.2) is 32.6 Å². The number of nitrogens with two attached hydrogens (primary N) is 1. The Morgan fingerprint density at radius 3 is 2.32 bits per heavy atom. The number of benzene rings is 1. The van der Waals surface area contributed by atoms with Crippen molar-refractivity contribution in [2.45, 2.75) is 17.7 Å². The van der Waals surface area contributed by atoms with Gasteiger partial charge in [-0.2, -0.15) is 0 Å². The third kappa shape index (κ3) is 3.93. The lowest BCUT2D eigenvalue weighted by Crippen LogP contribution is -2.31. The number of hydrogen-bond donors (Lipinski definition) is 2. The first-order valence-electron chi connectivity index (χ1n) is 5.96. The Bertz CT molecular complexity index is 564. The van der Waals surface area contributed by atoms with Crippen LogP contribution in [0.1, 0.15) is 12.8 Å². The van der Waals surface area contributed by atoms with Crippen LogP contribution in [0.15, 0.2) is 29.2 Å². The lowest BCUT2D eigenvalue weighted by atomic mass is 10.2. The summed E-state index contributed by atoms with van der Waals surface area (Å²) in [5, 5.41) is 13.9. The molecule has 19 heavy (non-hydrogen) atoms. The second-order valence-corrected chi connectivity index (χ2v) is 6.32. The molecule has 0 spiro atoms. The van der Waals surface area contributed by atoms with E-state index in [0.717, 1.165) is 12.8 Å². The van der Waals surface area contributed by atoms with Gasteiger partial charge in [0, 0.05) is 12.2 Å². The number of rotatable bonds is 6. The van der Waals surface area contributed by atoms with Crippen LogP contribution in [0.2, 0.25) is 0 Å². The first kappa shape index (κ1) is 13.8. The lowest BCUT2D eigenvalue weighted by Gasteiger charge is -2.22. The van der Waals surface area contributed by atoms with Crippen molar-refractivity contribution >= 4 is 21.7 Å². The Hall–Kier alpha value is -1.60. The predicted octanol–water partition coefficient (Wildman–Crippen LogP) is 0.635. The molecule has 1 aromatic rings. The number of carbonyl (C=O) groups is 1. The zero-order valence-electron chi connectivity index (χ0n) is 10.3. The van der Waals surface area contributed by atoms with E-state index in [1.54, 1.807) is 17.0 Å². The predicted molar refractivity (Wildman–Crippen MR) is 70.4 cm³/mol. The van der Waals surface area contributed by atoms with Gasteiger partial charge in [-0.3, -0.25) is 4.79 Å². The largest absolute Gasteiger partial charge is 0.480 e. The van der Waals surface area contributed by atoms with E-state index in [0.29, 0.717) is 18.2 Å². The number of carboxylic acids is 1. The molecule has 0 heterocycles. The topological polar surface area (TPSA) is 101 Å². The molecule has 1 aliphatic carbocycles. The Morgan fingerprint density at radius 2 is 1.89 bits per heavy atom. The van der Waals surface area contributed by atoms with Crippen molar-refractivity contribution in [3.8, 4) is 0 Å². The molecule has 1 aliphatic rings. The fourth-order valence-electron chi connectivity index (χ4n) is 1.88. The zero-order valence-corrected chi connectivity index (χ0v) is 11.1. The van der Waals surface area contributed by atoms with E-state index in [2.05, 4.69) is 0 Å². The van der Waals surface area contributed by atoms with E-state index >= 15 is 0 Å². The number of hydrogen-bond acceptors (Lipinski definition) is 4. The molecule has 104 valence electrons. The van der Waals surface area contributed by atoms with Crippen LogP contribution in [0.5, 0.6) is 0 Å². The molecule has 0 aliphatic heterocycles. The van der Waals surface area contributed by atoms with Gasteiger partial charge in [-0.05, 0) is 43.0 Å². The van der Waals surface area contributed by atoms with Crippen molar-refractivity contribution < 1.29 is 18.3 Å². The van der Waals surface area contributed by atoms with Crippen LogP contribution in [0.3, 0.4) is 0 Å². The number of carboxylic acid groups (broad SMARTS) is 1. The second-order valence-electron chi connectivity index (χ2n) is 4.76. The van der Waals surface area contributed by atoms with Crippen molar-refractivity contribution in [1.29, 1.82) is 0 Å². The van der Waals surface area contributed by atoms with E-state index in [1.165, 1.54) is 12.1 Å². The minimum Gasteiger partial charge on any atom is -0.480 e. The van der Waals surface area contributed by atoms with Gasteiger partial charge < -0.3 is 10.0 Å². The van der Waals surface area contributed by atoms with Crippen LogP contribution < -0.4 is 10.0 Å². The molecule has 1 saturated carbocycles. The number of aliphatic carboxylic acids is 1. The number of primary sulfonamides is 1. The summed E-state index contributed by atoms with van der Waals surface area (Å²) in [5.41, 5.74) is 0.696. The molecular formula is C12H16N2O4S. The average molecular weight is 284 g/mol. The summed E-state index contributed by atoms with van der Waals surface area (Å²) >= 11 is 0. The fourth-order valence-corrected chi connectivity index (χ4v) is 2.40. The molecule has 0 aromatic heterocycles. The van der Waals surface area contributed by atoms with Crippen molar-refractivity contribution in [1.82, 2.24) is 0 Å². The maximum absolute atomic E-state index is 11.1. The quantitative estimate of drug-likeness (QED) is 0.798. The van der Waals surface area contributed by atoms with E-state index in [-0.39, 0.29) is 11.4 Å². The molecule has 0 radical (unpaired) electrons. The molecular weight excluding hydrogens is 268 g/mol. The highest BCUT2D eigenvalue weighted by Gasteiger charge is 2.25. The summed E-state index contributed by atoms with van der Waals surface area (Å²) < 4.78 is 22.3. The van der Waals surface area contributed by atoms with Gasteiger partial charge in [0.05, 0.1) is 4.90 Å². The normalized spacial score (nSPS) is 15.2. The Labute approximate surface area is 111 Å². The summed E-state index contributed by atoms with van der Waals surface area (Å²) in [7, 11) is -3.71. The highest BCUT2D eigenvalue weighted by molar-refractivity contribution is 7.89. The zero-order chi connectivity index (χ0) is 14.0. The molecule has 1 fully saturated rings. The van der Waals surface area contributed by atoms with Gasteiger partial charge in [0.2, 0.25) is 10.0 Å². The van der Waals surface area contributed by atoms with Gasteiger partial charge in [-0.1, -0.05) is 0 Å². The maximum atomic E-state index is 11.1. The molecule has 7 heteroatoms. The molecule has 0 unspecified atom stereocenters. The maximum Gasteiger partial charge on any atom is 0.323 e. The first-order chi connectivity index (χ1) is 8.86. The van der Waals surface area contributed by atoms with Gasteiger partial charge in [0.25, 0.3) is 0 Å². The third-order valence-electron chi connectivity index (χ3n) is 3.03. The lowest BCUT2D eigenvalue weighted by molar-refractivity contribution is -0.135. The van der Waals surface area contributed by atoms with E-state index < -0.39 is 16.0 Å². The van der Waals surface area contributed by atoms with Gasteiger partial charge >= 0.3 is 5.97 Å². The molecule has 3 N–H and O–H groups in total.